The van der Waals surface area contributed by atoms with Crippen molar-refractivity contribution in [1.29, 1.82) is 0 Å². The molecule has 0 unspecified atom stereocenters. The van der Waals surface area contributed by atoms with Gasteiger partial charge in [-0.25, -0.2) is 0 Å². The van der Waals surface area contributed by atoms with Crippen LogP contribution in [0, 0.1) is 18.8 Å². The summed E-state index contributed by atoms with van der Waals surface area (Å²) < 4.78 is 0. The maximum atomic E-state index is 12.2. The van der Waals surface area contributed by atoms with E-state index in [1.807, 2.05) is 36.6 Å². The predicted molar refractivity (Wildman–Crippen MR) is 85.2 cm³/mol. The molecule has 1 heterocycles. The average Bonchev–Trinajstić information content (AvgIpc) is 3.00. The number of carbonyl (C=O) groups is 1. The molecule has 0 aliphatic rings. The smallest absolute Gasteiger partial charge is 0.251 e. The van der Waals surface area contributed by atoms with Crippen molar-refractivity contribution < 1.29 is 9.90 Å². The number of aryl methyl sites for hydroxylation is 1. The molecule has 0 saturated carbocycles. The third kappa shape index (κ3) is 4.45. The van der Waals surface area contributed by atoms with E-state index in [4.69, 9.17) is 5.11 Å². The molecule has 1 aromatic heterocycles. The summed E-state index contributed by atoms with van der Waals surface area (Å²) in [6.07, 6.45) is 0.438. The molecule has 0 saturated heterocycles. The van der Waals surface area contributed by atoms with Crippen molar-refractivity contribution in [2.75, 3.05) is 6.61 Å². The van der Waals surface area contributed by atoms with Crippen LogP contribution in [0.5, 0.6) is 0 Å². The first-order chi connectivity index (χ1) is 10.2. The summed E-state index contributed by atoms with van der Waals surface area (Å²) in [6.45, 7) is 2.49. The van der Waals surface area contributed by atoms with E-state index in [1.165, 1.54) is 0 Å². The maximum Gasteiger partial charge on any atom is 0.251 e. The molecule has 108 valence electrons. The van der Waals surface area contributed by atoms with E-state index in [0.717, 1.165) is 16.0 Å². The third-order valence-corrected chi connectivity index (χ3v) is 3.83. The van der Waals surface area contributed by atoms with Gasteiger partial charge in [-0.15, -0.1) is 11.3 Å². The minimum absolute atomic E-state index is 0.0486. The zero-order valence-electron chi connectivity index (χ0n) is 11.8. The molecule has 0 spiro atoms. The van der Waals surface area contributed by atoms with E-state index in [1.54, 1.807) is 17.4 Å². The average molecular weight is 299 g/mol. The minimum Gasteiger partial charge on any atom is -0.395 e. The largest absolute Gasteiger partial charge is 0.395 e. The maximum absolute atomic E-state index is 12.2. The molecule has 21 heavy (non-hydrogen) atoms. The predicted octanol–water partition coefficient (Wildman–Crippen LogP) is 2.72. The minimum atomic E-state index is -0.0910. The number of rotatable bonds is 4. The number of amides is 1. The number of nitrogens with one attached hydrogen (secondary N) is 1. The Labute approximate surface area is 128 Å². The summed E-state index contributed by atoms with van der Waals surface area (Å²) in [4.78, 5) is 13.4. The topological polar surface area (TPSA) is 49.3 Å². The van der Waals surface area contributed by atoms with Crippen LogP contribution in [0.1, 0.15) is 32.8 Å². The lowest BCUT2D eigenvalue weighted by molar-refractivity contribution is 0.0950. The Hall–Kier alpha value is -2.09. The Morgan fingerprint density at radius 1 is 1.38 bits per heavy atom. The molecule has 2 rings (SSSR count). The van der Waals surface area contributed by atoms with Crippen molar-refractivity contribution in [2.24, 2.45) is 0 Å². The van der Waals surface area contributed by atoms with Gasteiger partial charge in [0.25, 0.3) is 5.91 Å². The third-order valence-electron chi connectivity index (χ3n) is 2.96. The van der Waals surface area contributed by atoms with Gasteiger partial charge in [-0.1, -0.05) is 24.0 Å². The molecule has 0 aliphatic heterocycles. The Bertz CT molecular complexity index is 666. The van der Waals surface area contributed by atoms with Gasteiger partial charge in [-0.2, -0.15) is 0 Å². The molecule has 3 nitrogen and oxygen atoms in total. The van der Waals surface area contributed by atoms with Crippen LogP contribution in [0.4, 0.5) is 0 Å². The van der Waals surface area contributed by atoms with Gasteiger partial charge in [-0.05, 0) is 36.1 Å². The zero-order chi connectivity index (χ0) is 15.1. The van der Waals surface area contributed by atoms with Gasteiger partial charge in [0.15, 0.2) is 0 Å². The normalized spacial score (nSPS) is 9.81. The fourth-order valence-corrected chi connectivity index (χ4v) is 2.49. The van der Waals surface area contributed by atoms with Crippen LogP contribution in [0.3, 0.4) is 0 Å². The summed E-state index contributed by atoms with van der Waals surface area (Å²) in [7, 11) is 0. The summed E-state index contributed by atoms with van der Waals surface area (Å²) >= 11 is 1.62. The highest BCUT2D eigenvalue weighted by atomic mass is 32.1. The van der Waals surface area contributed by atoms with Gasteiger partial charge in [0.1, 0.15) is 0 Å². The first kappa shape index (κ1) is 15.3. The highest BCUT2D eigenvalue weighted by molar-refractivity contribution is 7.09. The first-order valence-electron chi connectivity index (χ1n) is 6.71. The number of benzene rings is 1. The van der Waals surface area contributed by atoms with Gasteiger partial charge in [0.05, 0.1) is 13.2 Å². The van der Waals surface area contributed by atoms with Crippen molar-refractivity contribution in [3.63, 3.8) is 0 Å². The fourth-order valence-electron chi connectivity index (χ4n) is 1.84. The lowest BCUT2D eigenvalue weighted by atomic mass is 10.0. The van der Waals surface area contributed by atoms with Crippen LogP contribution in [-0.2, 0) is 6.54 Å². The molecule has 0 radical (unpaired) electrons. The van der Waals surface area contributed by atoms with Crippen LogP contribution in [-0.4, -0.2) is 17.6 Å². The van der Waals surface area contributed by atoms with E-state index < -0.39 is 0 Å². The zero-order valence-corrected chi connectivity index (χ0v) is 12.7. The second kappa shape index (κ2) is 7.63. The lowest BCUT2D eigenvalue weighted by Crippen LogP contribution is -2.23. The van der Waals surface area contributed by atoms with E-state index in [-0.39, 0.29) is 12.5 Å². The number of hydrogen-bond acceptors (Lipinski definition) is 3. The summed E-state index contributed by atoms with van der Waals surface area (Å²) in [5.74, 6) is 5.72. The SMILES string of the molecule is Cc1ccc(C#CCCO)cc1C(=O)NCc1cccs1. The van der Waals surface area contributed by atoms with Gasteiger partial charge in [0.2, 0.25) is 0 Å². The number of carbonyl (C=O) groups excluding carboxylic acids is 1. The monoisotopic (exact) mass is 299 g/mol. The molecule has 1 amide bonds. The van der Waals surface area contributed by atoms with E-state index in [2.05, 4.69) is 17.2 Å². The Kier molecular flexibility index (Phi) is 5.56. The molecule has 2 aromatic rings. The van der Waals surface area contributed by atoms with Crippen LogP contribution < -0.4 is 5.32 Å². The fraction of sp³-hybridized carbons (Fsp3) is 0.235. The molecule has 0 fully saturated rings. The van der Waals surface area contributed by atoms with Crippen molar-refractivity contribution >= 4 is 17.2 Å². The molecular formula is C17H17NO2S. The molecule has 0 atom stereocenters. The van der Waals surface area contributed by atoms with Crippen LogP contribution in [0.15, 0.2) is 35.7 Å². The van der Waals surface area contributed by atoms with Crippen molar-refractivity contribution in [3.8, 4) is 11.8 Å². The summed E-state index contributed by atoms with van der Waals surface area (Å²) in [5.41, 5.74) is 2.35. The van der Waals surface area contributed by atoms with Crippen molar-refractivity contribution in [1.82, 2.24) is 5.32 Å². The molecule has 2 N–H and O–H groups in total. The van der Waals surface area contributed by atoms with Gasteiger partial charge in [-0.3, -0.25) is 4.79 Å². The Morgan fingerprint density at radius 2 is 2.24 bits per heavy atom. The van der Waals surface area contributed by atoms with Crippen molar-refractivity contribution in [3.05, 3.63) is 57.3 Å². The summed E-state index contributed by atoms with van der Waals surface area (Å²) in [5, 5.41) is 13.6. The second-order valence-corrected chi connectivity index (χ2v) is 5.60. The Morgan fingerprint density at radius 3 is 2.95 bits per heavy atom. The van der Waals surface area contributed by atoms with Crippen LogP contribution >= 0.6 is 11.3 Å². The Balaban J connectivity index is 2.09. The lowest BCUT2D eigenvalue weighted by Gasteiger charge is -2.07. The molecule has 0 aliphatic carbocycles. The summed E-state index contributed by atoms with van der Waals surface area (Å²) in [6, 6.07) is 9.53. The van der Waals surface area contributed by atoms with E-state index in [0.29, 0.717) is 18.5 Å². The standard InChI is InChI=1S/C17H17NO2S/c1-13-7-8-14(5-2-3-9-19)11-16(13)17(20)18-12-15-6-4-10-21-15/h4,6-8,10-11,19H,3,9,12H2,1H3,(H,18,20). The second-order valence-electron chi connectivity index (χ2n) is 4.57. The van der Waals surface area contributed by atoms with Gasteiger partial charge in [0, 0.05) is 22.4 Å². The van der Waals surface area contributed by atoms with E-state index in [9.17, 15) is 4.79 Å². The molecule has 1 aromatic carbocycles. The highest BCUT2D eigenvalue weighted by Crippen LogP contribution is 2.12. The van der Waals surface area contributed by atoms with Crippen LogP contribution in [0.25, 0.3) is 0 Å². The van der Waals surface area contributed by atoms with Gasteiger partial charge < -0.3 is 10.4 Å². The number of hydrogen-bond donors (Lipinski definition) is 2. The number of aliphatic hydroxyl groups excluding tert-OH is 1. The number of thiophene rings is 1. The molecule has 0 bridgehead atoms. The van der Waals surface area contributed by atoms with Gasteiger partial charge >= 0.3 is 0 Å². The highest BCUT2D eigenvalue weighted by Gasteiger charge is 2.09. The van der Waals surface area contributed by atoms with Crippen molar-refractivity contribution in [2.45, 2.75) is 19.9 Å². The quantitative estimate of drug-likeness (QED) is 0.853. The van der Waals surface area contributed by atoms with Crippen LogP contribution in [0.2, 0.25) is 0 Å². The molecule has 4 heteroatoms. The first-order valence-corrected chi connectivity index (χ1v) is 7.59. The number of aliphatic hydroxyl groups is 1. The van der Waals surface area contributed by atoms with E-state index >= 15 is 0 Å². The molecular weight excluding hydrogens is 282 g/mol.